The molecular formula is C21H22ClN3O5S. The summed E-state index contributed by atoms with van der Waals surface area (Å²) < 4.78 is 34.6. The van der Waals surface area contributed by atoms with Crippen LogP contribution in [0.25, 0.3) is 10.9 Å². The largest absolute Gasteiger partial charge is 0.497 e. The van der Waals surface area contributed by atoms with Crippen LogP contribution in [0, 0.1) is 5.92 Å². The van der Waals surface area contributed by atoms with Crippen LogP contribution in [0.3, 0.4) is 0 Å². The SMILES string of the molecule is COc1ccc(S(=O)(=O)N2C[C@@H](C)[C@@H](n3nc(CC(=O)O)c4ccc(Cl)cc43)C2)cc1. The molecule has 0 spiro atoms. The Kier molecular flexibility index (Phi) is 5.67. The van der Waals surface area contributed by atoms with Crippen molar-refractivity contribution < 1.29 is 23.1 Å². The second-order valence-corrected chi connectivity index (χ2v) is 10.0. The molecule has 1 saturated heterocycles. The maximum atomic E-state index is 13.2. The van der Waals surface area contributed by atoms with Crippen LogP contribution in [0.4, 0.5) is 0 Å². The molecular weight excluding hydrogens is 442 g/mol. The zero-order valence-corrected chi connectivity index (χ0v) is 18.6. The van der Waals surface area contributed by atoms with Crippen molar-refractivity contribution in [1.82, 2.24) is 14.1 Å². The van der Waals surface area contributed by atoms with E-state index in [9.17, 15) is 18.3 Å². The Balaban J connectivity index is 1.69. The van der Waals surface area contributed by atoms with Gasteiger partial charge in [0.05, 0.1) is 35.7 Å². The minimum absolute atomic E-state index is 0.0345. The first-order valence-corrected chi connectivity index (χ1v) is 11.5. The van der Waals surface area contributed by atoms with Crippen molar-refractivity contribution >= 4 is 38.5 Å². The molecule has 164 valence electrons. The smallest absolute Gasteiger partial charge is 0.309 e. The number of aromatic nitrogens is 2. The van der Waals surface area contributed by atoms with Crippen LogP contribution in [0.5, 0.6) is 5.75 Å². The molecule has 2 aromatic carbocycles. The van der Waals surface area contributed by atoms with Gasteiger partial charge in [-0.3, -0.25) is 9.48 Å². The fourth-order valence-electron chi connectivity index (χ4n) is 4.02. The highest BCUT2D eigenvalue weighted by Crippen LogP contribution is 2.35. The topological polar surface area (TPSA) is 102 Å². The molecule has 2 atom stereocenters. The summed E-state index contributed by atoms with van der Waals surface area (Å²) in [6.07, 6.45) is -0.222. The van der Waals surface area contributed by atoms with Gasteiger partial charge in [0.15, 0.2) is 0 Å². The summed E-state index contributed by atoms with van der Waals surface area (Å²) in [5.41, 5.74) is 1.13. The predicted octanol–water partition coefficient (Wildman–Crippen LogP) is 3.21. The molecule has 10 heteroatoms. The van der Waals surface area contributed by atoms with Gasteiger partial charge in [-0.15, -0.1) is 0 Å². The molecule has 0 bridgehead atoms. The quantitative estimate of drug-likeness (QED) is 0.602. The molecule has 0 saturated carbocycles. The van der Waals surface area contributed by atoms with Gasteiger partial charge in [-0.1, -0.05) is 18.5 Å². The number of ether oxygens (including phenoxy) is 1. The normalized spacial score (nSPS) is 19.7. The highest BCUT2D eigenvalue weighted by atomic mass is 35.5. The van der Waals surface area contributed by atoms with E-state index in [-0.39, 0.29) is 29.8 Å². The number of carboxylic acids is 1. The van der Waals surface area contributed by atoms with Crippen molar-refractivity contribution in [3.05, 3.63) is 53.2 Å². The Hall–Kier alpha value is -2.62. The number of carboxylic acid groups (broad SMARTS) is 1. The van der Waals surface area contributed by atoms with Crippen molar-refractivity contribution in [2.45, 2.75) is 24.3 Å². The first-order chi connectivity index (χ1) is 14.7. The molecule has 1 aliphatic rings. The van der Waals surface area contributed by atoms with Gasteiger partial charge in [-0.05, 0) is 48.4 Å². The van der Waals surface area contributed by atoms with Gasteiger partial charge in [-0.25, -0.2) is 8.42 Å². The number of fused-ring (bicyclic) bond motifs is 1. The van der Waals surface area contributed by atoms with Gasteiger partial charge in [0.25, 0.3) is 0 Å². The molecule has 0 radical (unpaired) electrons. The van der Waals surface area contributed by atoms with Gasteiger partial charge >= 0.3 is 5.97 Å². The summed E-state index contributed by atoms with van der Waals surface area (Å²) in [5, 5.41) is 15.0. The maximum absolute atomic E-state index is 13.2. The van der Waals surface area contributed by atoms with Gasteiger partial charge in [0.2, 0.25) is 10.0 Å². The molecule has 1 aromatic heterocycles. The number of rotatable bonds is 6. The lowest BCUT2D eigenvalue weighted by Gasteiger charge is -2.18. The van der Waals surface area contributed by atoms with Crippen LogP contribution < -0.4 is 4.74 Å². The predicted molar refractivity (Wildman–Crippen MR) is 116 cm³/mol. The summed E-state index contributed by atoms with van der Waals surface area (Å²) in [5.74, 6) is -0.435. The van der Waals surface area contributed by atoms with Crippen LogP contribution in [0.15, 0.2) is 47.4 Å². The van der Waals surface area contributed by atoms with Crippen LogP contribution >= 0.6 is 11.6 Å². The monoisotopic (exact) mass is 463 g/mol. The molecule has 0 aliphatic carbocycles. The number of sulfonamides is 1. The standard InChI is InChI=1S/C21H22ClN3O5S/c1-13-11-24(31(28,29)16-6-4-15(30-2)5-7-16)12-20(13)25-19-9-14(22)3-8-17(19)18(23-25)10-21(26)27/h3-9,13,20H,10-12H2,1-2H3,(H,26,27)/t13-,20+/m1/s1. The first kappa shape index (κ1) is 21.6. The Morgan fingerprint density at radius 3 is 2.58 bits per heavy atom. The second kappa shape index (κ2) is 8.14. The molecule has 0 unspecified atom stereocenters. The van der Waals surface area contributed by atoms with E-state index < -0.39 is 16.0 Å². The van der Waals surface area contributed by atoms with E-state index in [0.717, 1.165) is 0 Å². The van der Waals surface area contributed by atoms with Crippen LogP contribution in [0.2, 0.25) is 5.02 Å². The third kappa shape index (κ3) is 4.00. The first-order valence-electron chi connectivity index (χ1n) is 9.73. The Labute approximate surface area is 185 Å². The Morgan fingerprint density at radius 2 is 1.94 bits per heavy atom. The summed E-state index contributed by atoms with van der Waals surface area (Å²) in [4.78, 5) is 11.5. The van der Waals surface area contributed by atoms with Crippen molar-refractivity contribution in [1.29, 1.82) is 0 Å². The number of hydrogen-bond acceptors (Lipinski definition) is 5. The van der Waals surface area contributed by atoms with Crippen molar-refractivity contribution in [2.24, 2.45) is 5.92 Å². The second-order valence-electron chi connectivity index (χ2n) is 7.67. The minimum Gasteiger partial charge on any atom is -0.497 e. The van der Waals surface area contributed by atoms with Gasteiger partial charge in [0.1, 0.15) is 5.75 Å². The molecule has 31 heavy (non-hydrogen) atoms. The fraction of sp³-hybridized carbons (Fsp3) is 0.333. The Bertz CT molecular complexity index is 1240. The lowest BCUT2D eigenvalue weighted by Crippen LogP contribution is -2.29. The summed E-state index contributed by atoms with van der Waals surface area (Å²) in [7, 11) is -2.17. The molecule has 1 aliphatic heterocycles. The van der Waals surface area contributed by atoms with E-state index >= 15 is 0 Å². The molecule has 8 nitrogen and oxygen atoms in total. The number of hydrogen-bond donors (Lipinski definition) is 1. The lowest BCUT2D eigenvalue weighted by molar-refractivity contribution is -0.136. The lowest BCUT2D eigenvalue weighted by atomic mass is 10.1. The van der Waals surface area contributed by atoms with Crippen LogP contribution in [-0.2, 0) is 21.2 Å². The molecule has 0 amide bonds. The summed E-state index contributed by atoms with van der Waals surface area (Å²) in [6.45, 7) is 2.52. The summed E-state index contributed by atoms with van der Waals surface area (Å²) >= 11 is 6.18. The molecule has 2 heterocycles. The highest BCUT2D eigenvalue weighted by Gasteiger charge is 2.39. The number of aliphatic carboxylic acids is 1. The molecule has 3 aromatic rings. The van der Waals surface area contributed by atoms with Gasteiger partial charge in [-0.2, -0.15) is 9.40 Å². The summed E-state index contributed by atoms with van der Waals surface area (Å²) in [6, 6.07) is 11.2. The van der Waals surface area contributed by atoms with Crippen molar-refractivity contribution in [3.8, 4) is 5.75 Å². The average molecular weight is 464 g/mol. The number of carbonyl (C=O) groups is 1. The molecule has 1 N–H and O–H groups in total. The number of methoxy groups -OCH3 is 1. The van der Waals surface area contributed by atoms with E-state index in [1.54, 1.807) is 35.0 Å². The number of nitrogens with zero attached hydrogens (tertiary/aromatic N) is 3. The highest BCUT2D eigenvalue weighted by molar-refractivity contribution is 7.89. The zero-order chi connectivity index (χ0) is 22.3. The minimum atomic E-state index is -3.69. The number of benzene rings is 2. The van der Waals surface area contributed by atoms with Crippen molar-refractivity contribution in [2.75, 3.05) is 20.2 Å². The maximum Gasteiger partial charge on any atom is 0.309 e. The number of halogens is 1. The van der Waals surface area contributed by atoms with E-state index in [0.29, 0.717) is 33.9 Å². The molecule has 4 rings (SSSR count). The van der Waals surface area contributed by atoms with Gasteiger partial charge in [0, 0.05) is 23.5 Å². The van der Waals surface area contributed by atoms with Crippen LogP contribution in [-0.4, -0.2) is 53.8 Å². The average Bonchev–Trinajstić information content (AvgIpc) is 3.28. The third-order valence-electron chi connectivity index (χ3n) is 5.62. The van der Waals surface area contributed by atoms with Crippen molar-refractivity contribution in [3.63, 3.8) is 0 Å². The third-order valence-corrected chi connectivity index (χ3v) is 7.70. The zero-order valence-electron chi connectivity index (χ0n) is 17.0. The van der Waals surface area contributed by atoms with E-state index in [1.165, 1.54) is 23.5 Å². The Morgan fingerprint density at radius 1 is 1.23 bits per heavy atom. The van der Waals surface area contributed by atoms with E-state index in [2.05, 4.69) is 5.10 Å². The molecule has 1 fully saturated rings. The van der Waals surface area contributed by atoms with E-state index in [1.807, 2.05) is 6.92 Å². The fourth-order valence-corrected chi connectivity index (χ4v) is 5.75. The van der Waals surface area contributed by atoms with Gasteiger partial charge < -0.3 is 9.84 Å². The van der Waals surface area contributed by atoms with Crippen LogP contribution in [0.1, 0.15) is 18.7 Å². The van der Waals surface area contributed by atoms with E-state index in [4.69, 9.17) is 16.3 Å².